The summed E-state index contributed by atoms with van der Waals surface area (Å²) in [6, 6.07) is 3.57. The highest BCUT2D eigenvalue weighted by Gasteiger charge is 2.12. The van der Waals surface area contributed by atoms with Gasteiger partial charge in [0.15, 0.2) is 11.5 Å². The van der Waals surface area contributed by atoms with E-state index in [4.69, 9.17) is 31.5 Å². The molecule has 1 aromatic rings. The Morgan fingerprint density at radius 2 is 1.88 bits per heavy atom. The first-order valence-corrected chi connectivity index (χ1v) is 7.15. The van der Waals surface area contributed by atoms with Gasteiger partial charge >= 0.3 is 11.9 Å². The van der Waals surface area contributed by atoms with E-state index in [9.17, 15) is 14.7 Å². The molecule has 2 atom stereocenters. The minimum absolute atomic E-state index is 0.0108. The Kier molecular flexibility index (Phi) is 10.1. The van der Waals surface area contributed by atoms with Gasteiger partial charge in [-0.3, -0.25) is 9.59 Å². The van der Waals surface area contributed by atoms with Crippen LogP contribution >= 0.6 is 0 Å². The van der Waals surface area contributed by atoms with Gasteiger partial charge in [0.25, 0.3) is 0 Å². The molecule has 0 fully saturated rings. The maximum Gasteiger partial charge on any atom is 0.320 e. The number of aliphatic hydroxyl groups excluding tert-OH is 1. The largest absolute Gasteiger partial charge is 0.504 e. The number of benzene rings is 1. The van der Waals surface area contributed by atoms with Crippen molar-refractivity contribution in [1.82, 2.24) is 0 Å². The lowest BCUT2D eigenvalue weighted by Gasteiger charge is -2.09. The monoisotopic (exact) mass is 344 g/mol. The molecule has 0 bridgehead atoms. The molecule has 1 aromatic carbocycles. The molecule has 9 nitrogen and oxygen atoms in total. The molecule has 1 rings (SSSR count). The Bertz CT molecular complexity index is 537. The van der Waals surface area contributed by atoms with Gasteiger partial charge in [0.1, 0.15) is 6.04 Å². The molecule has 0 heterocycles. The number of carbonyl (C=O) groups is 2. The Morgan fingerprint density at radius 1 is 1.25 bits per heavy atom. The lowest BCUT2D eigenvalue weighted by atomic mass is 10.1. The van der Waals surface area contributed by atoms with E-state index in [-0.39, 0.29) is 25.1 Å². The molecule has 0 radical (unpaired) electrons. The van der Waals surface area contributed by atoms with Crippen LogP contribution in [0, 0.1) is 0 Å². The zero-order valence-electron chi connectivity index (χ0n) is 13.4. The van der Waals surface area contributed by atoms with Crippen LogP contribution in [0.25, 0.3) is 0 Å². The third-order valence-corrected chi connectivity index (χ3v) is 3.00. The first-order chi connectivity index (χ1) is 11.2. The van der Waals surface area contributed by atoms with Crippen molar-refractivity contribution in [1.29, 1.82) is 0 Å². The van der Waals surface area contributed by atoms with Gasteiger partial charge in [0.05, 0.1) is 19.6 Å². The number of ether oxygens (including phenoxy) is 1. The Labute approximate surface area is 139 Å². The second-order valence-corrected chi connectivity index (χ2v) is 4.99. The molecule has 0 aliphatic heterocycles. The average Bonchev–Trinajstić information content (AvgIpc) is 2.53. The van der Waals surface area contributed by atoms with Gasteiger partial charge in [-0.15, -0.1) is 0 Å². The van der Waals surface area contributed by atoms with E-state index < -0.39 is 24.1 Å². The third kappa shape index (κ3) is 8.93. The number of aliphatic carboxylic acids is 2. The second kappa shape index (κ2) is 11.2. The van der Waals surface area contributed by atoms with Gasteiger partial charge < -0.3 is 36.6 Å². The Morgan fingerprint density at radius 3 is 2.33 bits per heavy atom. The summed E-state index contributed by atoms with van der Waals surface area (Å²) in [5, 5.41) is 34.9. The van der Waals surface area contributed by atoms with Crippen LogP contribution in [0.5, 0.6) is 11.5 Å². The van der Waals surface area contributed by atoms with E-state index in [1.807, 2.05) is 0 Å². The van der Waals surface area contributed by atoms with Gasteiger partial charge in [-0.25, -0.2) is 0 Å². The van der Waals surface area contributed by atoms with Crippen LogP contribution in [0.2, 0.25) is 0 Å². The summed E-state index contributed by atoms with van der Waals surface area (Å²) < 4.78 is 4.82. The van der Waals surface area contributed by atoms with E-state index in [0.717, 1.165) is 0 Å². The normalized spacial score (nSPS) is 12.5. The molecular weight excluding hydrogens is 320 g/mol. The van der Waals surface area contributed by atoms with Gasteiger partial charge in [-0.05, 0) is 30.5 Å². The number of hydrogen-bond donors (Lipinski definition) is 6. The van der Waals surface area contributed by atoms with Crippen molar-refractivity contribution >= 4 is 11.9 Å². The number of aliphatic hydroxyl groups is 1. The maximum absolute atomic E-state index is 10.3. The molecule has 0 saturated carbocycles. The Balaban J connectivity index is 0.000000449. The van der Waals surface area contributed by atoms with Crippen LogP contribution in [-0.2, 0) is 16.0 Å². The van der Waals surface area contributed by atoms with Gasteiger partial charge in [0.2, 0.25) is 0 Å². The average molecular weight is 344 g/mol. The number of aromatic hydroxyl groups is 1. The number of carboxylic acids is 2. The summed E-state index contributed by atoms with van der Waals surface area (Å²) in [7, 11) is 1.42. The highest BCUT2D eigenvalue weighted by molar-refractivity contribution is 5.73. The van der Waals surface area contributed by atoms with Crippen LogP contribution in [0.15, 0.2) is 18.2 Å². The molecular formula is C15H24N2O7. The molecule has 136 valence electrons. The van der Waals surface area contributed by atoms with E-state index in [2.05, 4.69) is 0 Å². The second-order valence-electron chi connectivity index (χ2n) is 4.99. The van der Waals surface area contributed by atoms with Crippen molar-refractivity contribution in [3.05, 3.63) is 23.8 Å². The summed E-state index contributed by atoms with van der Waals surface area (Å²) in [5.74, 6) is -1.66. The first-order valence-electron chi connectivity index (χ1n) is 7.15. The fraction of sp³-hybridized carbons (Fsp3) is 0.467. The first kappa shape index (κ1) is 21.6. The zero-order chi connectivity index (χ0) is 18.7. The standard InChI is InChI=1S/C9H10O4.C6H14N2O3/c1-13-8-4-6(5-9(11)12)2-3-7(8)10;7-3-4(9)1-2-5(8)6(10)11/h2-4,10H,5H2,1H3,(H,11,12);4-5,9H,1-3,7-8H2,(H,10,11)/t;4-,5+/m.1/s1. The quantitative estimate of drug-likeness (QED) is 0.364. The predicted molar refractivity (Wildman–Crippen MR) is 85.9 cm³/mol. The van der Waals surface area contributed by atoms with E-state index >= 15 is 0 Å². The van der Waals surface area contributed by atoms with E-state index in [1.165, 1.54) is 19.2 Å². The summed E-state index contributed by atoms with van der Waals surface area (Å²) in [6.45, 7) is 0.145. The fourth-order valence-electron chi connectivity index (χ4n) is 1.62. The highest BCUT2D eigenvalue weighted by Crippen LogP contribution is 2.26. The predicted octanol–water partition coefficient (Wildman–Crippen LogP) is -0.474. The number of phenolic OH excluding ortho intramolecular Hbond substituents is 1. The minimum Gasteiger partial charge on any atom is -0.504 e. The van der Waals surface area contributed by atoms with Gasteiger partial charge in [-0.1, -0.05) is 6.07 Å². The van der Waals surface area contributed by atoms with Crippen molar-refractivity contribution in [2.24, 2.45) is 11.5 Å². The maximum atomic E-state index is 10.3. The highest BCUT2D eigenvalue weighted by atomic mass is 16.5. The molecule has 9 heteroatoms. The van der Waals surface area contributed by atoms with E-state index in [0.29, 0.717) is 17.7 Å². The molecule has 0 aromatic heterocycles. The number of carboxylic acid groups (broad SMARTS) is 2. The van der Waals surface area contributed by atoms with Gasteiger partial charge in [-0.2, -0.15) is 0 Å². The minimum atomic E-state index is -1.05. The molecule has 0 unspecified atom stereocenters. The SMILES string of the molecule is COc1cc(CC(=O)O)ccc1O.NC[C@H](O)CC[C@H](N)C(=O)O. The number of phenols is 1. The topological polar surface area (TPSA) is 176 Å². The number of rotatable bonds is 8. The third-order valence-electron chi connectivity index (χ3n) is 3.00. The van der Waals surface area contributed by atoms with Gasteiger partial charge in [0, 0.05) is 6.54 Å². The van der Waals surface area contributed by atoms with Crippen molar-refractivity contribution < 1.29 is 34.8 Å². The van der Waals surface area contributed by atoms with Crippen LogP contribution < -0.4 is 16.2 Å². The van der Waals surface area contributed by atoms with Crippen molar-refractivity contribution in [2.75, 3.05) is 13.7 Å². The fourth-order valence-corrected chi connectivity index (χ4v) is 1.62. The Hall–Kier alpha value is -2.36. The van der Waals surface area contributed by atoms with E-state index in [1.54, 1.807) is 6.07 Å². The molecule has 8 N–H and O–H groups in total. The molecule has 0 saturated heterocycles. The van der Waals surface area contributed by atoms with Crippen LogP contribution in [0.4, 0.5) is 0 Å². The summed E-state index contributed by atoms with van der Waals surface area (Å²) in [6.07, 6.45) is -0.116. The smallest absolute Gasteiger partial charge is 0.320 e. The molecule has 0 aliphatic carbocycles. The summed E-state index contributed by atoms with van der Waals surface area (Å²) in [5.41, 5.74) is 10.9. The lowest BCUT2D eigenvalue weighted by molar-refractivity contribution is -0.139. The van der Waals surface area contributed by atoms with Crippen LogP contribution in [0.1, 0.15) is 18.4 Å². The lowest BCUT2D eigenvalue weighted by Crippen LogP contribution is -2.32. The molecule has 0 aliphatic rings. The van der Waals surface area contributed by atoms with Crippen LogP contribution in [0.3, 0.4) is 0 Å². The van der Waals surface area contributed by atoms with Crippen molar-refractivity contribution in [3.63, 3.8) is 0 Å². The molecule has 24 heavy (non-hydrogen) atoms. The number of hydrogen-bond acceptors (Lipinski definition) is 7. The van der Waals surface area contributed by atoms with Crippen molar-refractivity contribution in [2.45, 2.75) is 31.4 Å². The van der Waals surface area contributed by atoms with Crippen molar-refractivity contribution in [3.8, 4) is 11.5 Å². The zero-order valence-corrected chi connectivity index (χ0v) is 13.4. The molecule has 0 amide bonds. The summed E-state index contributed by atoms with van der Waals surface area (Å²) in [4.78, 5) is 20.5. The number of nitrogens with two attached hydrogens (primary N) is 2. The van der Waals surface area contributed by atoms with Crippen LogP contribution in [-0.4, -0.2) is 58.2 Å². The summed E-state index contributed by atoms with van der Waals surface area (Å²) >= 11 is 0. The number of methoxy groups -OCH3 is 1. The molecule has 0 spiro atoms.